The SMILES string of the molecule is CCNCC1CCN(CC2CC2)CC1. The van der Waals surface area contributed by atoms with Crippen molar-refractivity contribution in [2.24, 2.45) is 11.8 Å². The van der Waals surface area contributed by atoms with Crippen LogP contribution in [0.2, 0.25) is 0 Å². The lowest BCUT2D eigenvalue weighted by atomic mass is 9.96. The molecular weight excluding hydrogens is 172 g/mol. The summed E-state index contributed by atoms with van der Waals surface area (Å²) in [6.45, 7) is 8.67. The fraction of sp³-hybridized carbons (Fsp3) is 1.00. The molecule has 0 aromatic rings. The number of hydrogen-bond donors (Lipinski definition) is 1. The molecule has 2 fully saturated rings. The molecule has 1 saturated heterocycles. The fourth-order valence-corrected chi connectivity index (χ4v) is 2.39. The highest BCUT2D eigenvalue weighted by molar-refractivity contribution is 4.80. The van der Waals surface area contributed by atoms with Crippen LogP contribution in [0, 0.1) is 11.8 Å². The molecule has 14 heavy (non-hydrogen) atoms. The molecule has 0 atom stereocenters. The molecule has 2 nitrogen and oxygen atoms in total. The first-order valence-corrected chi connectivity index (χ1v) is 6.31. The molecule has 0 amide bonds. The predicted molar refractivity (Wildman–Crippen MR) is 60.4 cm³/mol. The van der Waals surface area contributed by atoms with Gasteiger partial charge in [0.1, 0.15) is 0 Å². The smallest absolute Gasteiger partial charge is 0.000966 e. The van der Waals surface area contributed by atoms with Crippen LogP contribution in [-0.2, 0) is 0 Å². The second-order valence-corrected chi connectivity index (χ2v) is 5.00. The van der Waals surface area contributed by atoms with E-state index in [-0.39, 0.29) is 0 Å². The third-order valence-electron chi connectivity index (χ3n) is 3.60. The summed E-state index contributed by atoms with van der Waals surface area (Å²) in [7, 11) is 0. The molecule has 1 heterocycles. The minimum Gasteiger partial charge on any atom is -0.317 e. The van der Waals surface area contributed by atoms with Crippen molar-refractivity contribution in [3.8, 4) is 0 Å². The highest BCUT2D eigenvalue weighted by atomic mass is 15.1. The second kappa shape index (κ2) is 5.13. The van der Waals surface area contributed by atoms with Crippen molar-refractivity contribution in [2.75, 3.05) is 32.7 Å². The standard InChI is InChI=1S/C12H24N2/c1-2-13-9-11-5-7-14(8-6-11)10-12-3-4-12/h11-13H,2-10H2,1H3. The molecule has 1 saturated carbocycles. The molecule has 1 aliphatic carbocycles. The molecule has 2 aliphatic rings. The molecule has 0 aromatic carbocycles. The van der Waals surface area contributed by atoms with Gasteiger partial charge < -0.3 is 10.2 Å². The van der Waals surface area contributed by atoms with Crippen molar-refractivity contribution in [3.05, 3.63) is 0 Å². The van der Waals surface area contributed by atoms with Crippen molar-refractivity contribution in [2.45, 2.75) is 32.6 Å². The molecule has 0 unspecified atom stereocenters. The quantitative estimate of drug-likeness (QED) is 0.720. The Morgan fingerprint density at radius 3 is 2.36 bits per heavy atom. The van der Waals surface area contributed by atoms with Crippen LogP contribution in [0.5, 0.6) is 0 Å². The van der Waals surface area contributed by atoms with E-state index >= 15 is 0 Å². The van der Waals surface area contributed by atoms with Crippen molar-refractivity contribution in [3.63, 3.8) is 0 Å². The minimum absolute atomic E-state index is 0.949. The van der Waals surface area contributed by atoms with E-state index in [4.69, 9.17) is 0 Å². The molecule has 82 valence electrons. The fourth-order valence-electron chi connectivity index (χ4n) is 2.39. The first-order valence-electron chi connectivity index (χ1n) is 6.31. The van der Waals surface area contributed by atoms with Gasteiger partial charge in [-0.2, -0.15) is 0 Å². The highest BCUT2D eigenvalue weighted by Crippen LogP contribution is 2.31. The molecule has 0 radical (unpaired) electrons. The number of hydrogen-bond acceptors (Lipinski definition) is 2. The van der Waals surface area contributed by atoms with E-state index in [9.17, 15) is 0 Å². The van der Waals surface area contributed by atoms with Crippen molar-refractivity contribution < 1.29 is 0 Å². The Morgan fingerprint density at radius 2 is 1.79 bits per heavy atom. The Bertz CT molecular complexity index is 158. The Morgan fingerprint density at radius 1 is 1.07 bits per heavy atom. The van der Waals surface area contributed by atoms with Gasteiger partial charge in [0.05, 0.1) is 0 Å². The predicted octanol–water partition coefficient (Wildman–Crippen LogP) is 1.72. The maximum atomic E-state index is 3.47. The molecule has 0 spiro atoms. The average molecular weight is 196 g/mol. The van der Waals surface area contributed by atoms with E-state index < -0.39 is 0 Å². The second-order valence-electron chi connectivity index (χ2n) is 5.00. The highest BCUT2D eigenvalue weighted by Gasteiger charge is 2.26. The molecule has 0 bridgehead atoms. The molecule has 2 heteroatoms. The lowest BCUT2D eigenvalue weighted by molar-refractivity contribution is 0.176. The summed E-state index contributed by atoms with van der Waals surface area (Å²) in [5.74, 6) is 2.02. The summed E-state index contributed by atoms with van der Waals surface area (Å²) in [5, 5.41) is 3.47. The molecule has 0 aromatic heterocycles. The van der Waals surface area contributed by atoms with Crippen LogP contribution in [0.3, 0.4) is 0 Å². The van der Waals surface area contributed by atoms with Crippen molar-refractivity contribution >= 4 is 0 Å². The largest absolute Gasteiger partial charge is 0.317 e. The van der Waals surface area contributed by atoms with E-state index in [0.29, 0.717) is 0 Å². The average Bonchev–Trinajstić information content (AvgIpc) is 3.01. The van der Waals surface area contributed by atoms with Gasteiger partial charge >= 0.3 is 0 Å². The summed E-state index contributed by atoms with van der Waals surface area (Å²) >= 11 is 0. The monoisotopic (exact) mass is 196 g/mol. The number of nitrogens with one attached hydrogen (secondary N) is 1. The van der Waals surface area contributed by atoms with Gasteiger partial charge in [0.25, 0.3) is 0 Å². The Kier molecular flexibility index (Phi) is 3.82. The normalized spacial score (nSPS) is 25.5. The number of rotatable bonds is 5. The van der Waals surface area contributed by atoms with Gasteiger partial charge in [-0.05, 0) is 63.7 Å². The van der Waals surface area contributed by atoms with E-state index in [1.807, 2.05) is 0 Å². The first-order chi connectivity index (χ1) is 6.88. The van der Waals surface area contributed by atoms with Crippen LogP contribution in [0.25, 0.3) is 0 Å². The van der Waals surface area contributed by atoms with Gasteiger partial charge in [-0.25, -0.2) is 0 Å². The van der Waals surface area contributed by atoms with Crippen LogP contribution < -0.4 is 5.32 Å². The number of likely N-dealkylation sites (tertiary alicyclic amines) is 1. The molecule has 1 N–H and O–H groups in total. The Labute approximate surface area is 88.1 Å². The lowest BCUT2D eigenvalue weighted by Crippen LogP contribution is -2.38. The number of nitrogens with zero attached hydrogens (tertiary/aromatic N) is 1. The van der Waals surface area contributed by atoms with Crippen LogP contribution in [-0.4, -0.2) is 37.6 Å². The maximum absolute atomic E-state index is 3.47. The lowest BCUT2D eigenvalue weighted by Gasteiger charge is -2.32. The van der Waals surface area contributed by atoms with E-state index in [1.54, 1.807) is 0 Å². The van der Waals surface area contributed by atoms with Crippen LogP contribution >= 0.6 is 0 Å². The van der Waals surface area contributed by atoms with Gasteiger partial charge in [0.2, 0.25) is 0 Å². The number of piperidine rings is 1. The summed E-state index contributed by atoms with van der Waals surface area (Å²) in [5.41, 5.74) is 0. The van der Waals surface area contributed by atoms with Crippen molar-refractivity contribution in [1.29, 1.82) is 0 Å². The van der Waals surface area contributed by atoms with Gasteiger partial charge in [0.15, 0.2) is 0 Å². The molecule has 1 aliphatic heterocycles. The van der Waals surface area contributed by atoms with Crippen molar-refractivity contribution in [1.82, 2.24) is 10.2 Å². The van der Waals surface area contributed by atoms with Gasteiger partial charge in [-0.3, -0.25) is 0 Å². The van der Waals surface area contributed by atoms with Gasteiger partial charge in [-0.15, -0.1) is 0 Å². The summed E-state index contributed by atoms with van der Waals surface area (Å²) in [4.78, 5) is 2.68. The van der Waals surface area contributed by atoms with Crippen LogP contribution in [0.4, 0.5) is 0 Å². The van der Waals surface area contributed by atoms with E-state index in [1.165, 1.54) is 51.9 Å². The van der Waals surface area contributed by atoms with Crippen LogP contribution in [0.1, 0.15) is 32.6 Å². The third-order valence-corrected chi connectivity index (χ3v) is 3.60. The maximum Gasteiger partial charge on any atom is 0.000966 e. The third kappa shape index (κ3) is 3.25. The van der Waals surface area contributed by atoms with E-state index in [2.05, 4.69) is 17.1 Å². The topological polar surface area (TPSA) is 15.3 Å². The molecule has 2 rings (SSSR count). The van der Waals surface area contributed by atoms with Gasteiger partial charge in [-0.1, -0.05) is 6.92 Å². The summed E-state index contributed by atoms with van der Waals surface area (Å²) in [6, 6.07) is 0. The minimum atomic E-state index is 0.949. The Hall–Kier alpha value is -0.0800. The van der Waals surface area contributed by atoms with Crippen LogP contribution in [0.15, 0.2) is 0 Å². The summed E-state index contributed by atoms with van der Waals surface area (Å²) < 4.78 is 0. The summed E-state index contributed by atoms with van der Waals surface area (Å²) in [6.07, 6.45) is 5.83. The zero-order valence-electron chi connectivity index (χ0n) is 9.47. The zero-order valence-corrected chi connectivity index (χ0v) is 9.47. The van der Waals surface area contributed by atoms with E-state index in [0.717, 1.165) is 18.4 Å². The van der Waals surface area contributed by atoms with Gasteiger partial charge in [0, 0.05) is 6.54 Å². The Balaban J connectivity index is 1.59. The zero-order chi connectivity index (χ0) is 9.80. The first kappa shape index (κ1) is 10.4. The molecular formula is C12H24N2.